The molecule has 1 aliphatic rings. The van der Waals surface area contributed by atoms with Crippen LogP contribution in [-0.2, 0) is 10.0 Å². The SMILES string of the molecule is CC1CCN(S(=O)(=O)c2cc([N+](=O)[O-])c(N)s2)CC1C. The molecule has 1 aromatic rings. The number of nitrogens with zero attached hydrogens (tertiary/aromatic N) is 2. The molecular formula is C11H17N3O4S2. The molecule has 9 heteroatoms. The molecule has 0 saturated carbocycles. The Balaban J connectivity index is 2.31. The zero-order valence-corrected chi connectivity index (χ0v) is 12.9. The van der Waals surface area contributed by atoms with Crippen molar-refractivity contribution in [2.75, 3.05) is 18.8 Å². The molecule has 0 aromatic carbocycles. The summed E-state index contributed by atoms with van der Waals surface area (Å²) in [6, 6.07) is 1.05. The van der Waals surface area contributed by atoms with E-state index in [1.807, 2.05) is 6.92 Å². The van der Waals surface area contributed by atoms with Crippen LogP contribution in [0.1, 0.15) is 20.3 Å². The van der Waals surface area contributed by atoms with Gasteiger partial charge in [0.1, 0.15) is 4.21 Å². The van der Waals surface area contributed by atoms with Crippen LogP contribution in [0, 0.1) is 22.0 Å². The third-order valence-electron chi connectivity index (χ3n) is 3.81. The van der Waals surface area contributed by atoms with Crippen molar-refractivity contribution in [1.29, 1.82) is 0 Å². The highest BCUT2D eigenvalue weighted by Crippen LogP contribution is 2.37. The van der Waals surface area contributed by atoms with E-state index in [0.29, 0.717) is 19.0 Å². The minimum atomic E-state index is -3.69. The van der Waals surface area contributed by atoms with E-state index in [1.165, 1.54) is 4.31 Å². The molecule has 1 aromatic heterocycles. The van der Waals surface area contributed by atoms with E-state index in [2.05, 4.69) is 6.92 Å². The maximum atomic E-state index is 12.5. The number of thiophene rings is 1. The molecule has 1 saturated heterocycles. The first-order valence-corrected chi connectivity index (χ1v) is 8.53. The summed E-state index contributed by atoms with van der Waals surface area (Å²) < 4.78 is 26.3. The molecule has 0 bridgehead atoms. The van der Waals surface area contributed by atoms with Gasteiger partial charge in [-0.1, -0.05) is 25.2 Å². The monoisotopic (exact) mass is 319 g/mol. The molecule has 0 aliphatic carbocycles. The van der Waals surface area contributed by atoms with Crippen molar-refractivity contribution in [1.82, 2.24) is 4.31 Å². The minimum Gasteiger partial charge on any atom is -0.385 e. The molecule has 1 aliphatic heterocycles. The molecule has 2 heterocycles. The van der Waals surface area contributed by atoms with Crippen LogP contribution in [0.25, 0.3) is 0 Å². The Kier molecular flexibility index (Phi) is 4.03. The smallest absolute Gasteiger partial charge is 0.304 e. The van der Waals surface area contributed by atoms with Gasteiger partial charge in [0.2, 0.25) is 0 Å². The molecule has 0 radical (unpaired) electrons. The third kappa shape index (κ3) is 2.65. The van der Waals surface area contributed by atoms with Crippen molar-refractivity contribution < 1.29 is 13.3 Å². The first-order valence-electron chi connectivity index (χ1n) is 6.27. The van der Waals surface area contributed by atoms with E-state index in [0.717, 1.165) is 23.8 Å². The van der Waals surface area contributed by atoms with Gasteiger partial charge in [0.05, 0.1) is 4.92 Å². The van der Waals surface area contributed by atoms with E-state index in [1.54, 1.807) is 0 Å². The number of hydrogen-bond acceptors (Lipinski definition) is 6. The third-order valence-corrected chi connectivity index (χ3v) is 7.07. The second kappa shape index (κ2) is 5.30. The Bertz CT molecular complexity index is 626. The van der Waals surface area contributed by atoms with Gasteiger partial charge in [-0.3, -0.25) is 10.1 Å². The average Bonchev–Trinajstić information content (AvgIpc) is 2.75. The molecule has 20 heavy (non-hydrogen) atoms. The lowest BCUT2D eigenvalue weighted by Gasteiger charge is -2.33. The molecule has 2 rings (SSSR count). The first-order chi connectivity index (χ1) is 9.23. The first kappa shape index (κ1) is 15.2. The molecular weight excluding hydrogens is 302 g/mol. The van der Waals surface area contributed by atoms with Gasteiger partial charge in [0, 0.05) is 19.2 Å². The van der Waals surface area contributed by atoms with Crippen LogP contribution in [0.3, 0.4) is 0 Å². The molecule has 2 N–H and O–H groups in total. The number of nitrogens with two attached hydrogens (primary N) is 1. The Morgan fingerprint density at radius 2 is 2.10 bits per heavy atom. The van der Waals surface area contributed by atoms with Crippen LogP contribution in [0.2, 0.25) is 0 Å². The van der Waals surface area contributed by atoms with Crippen LogP contribution in [0.15, 0.2) is 10.3 Å². The fourth-order valence-corrected chi connectivity index (χ4v) is 5.14. The zero-order chi connectivity index (χ0) is 15.1. The summed E-state index contributed by atoms with van der Waals surface area (Å²) in [6.45, 7) is 4.99. The minimum absolute atomic E-state index is 0.0524. The van der Waals surface area contributed by atoms with E-state index >= 15 is 0 Å². The molecule has 2 unspecified atom stereocenters. The predicted molar refractivity (Wildman–Crippen MR) is 77.1 cm³/mol. The van der Waals surface area contributed by atoms with Crippen LogP contribution in [0.4, 0.5) is 10.7 Å². The molecule has 0 spiro atoms. The number of anilines is 1. The number of nitrogen functional groups attached to an aromatic ring is 1. The Labute approximate surface area is 121 Å². The van der Waals surface area contributed by atoms with Gasteiger partial charge in [-0.15, -0.1) is 0 Å². The van der Waals surface area contributed by atoms with Crippen LogP contribution in [0.5, 0.6) is 0 Å². The normalized spacial score (nSPS) is 24.7. The number of piperidine rings is 1. The van der Waals surface area contributed by atoms with Gasteiger partial charge in [-0.05, 0) is 18.3 Å². The van der Waals surface area contributed by atoms with Crippen molar-refractivity contribution in [2.24, 2.45) is 11.8 Å². The fourth-order valence-electron chi connectivity index (χ4n) is 2.21. The van der Waals surface area contributed by atoms with Gasteiger partial charge >= 0.3 is 5.69 Å². The van der Waals surface area contributed by atoms with Gasteiger partial charge in [-0.2, -0.15) is 4.31 Å². The summed E-state index contributed by atoms with van der Waals surface area (Å²) in [5.74, 6) is 0.745. The topological polar surface area (TPSA) is 107 Å². The lowest BCUT2D eigenvalue weighted by atomic mass is 9.90. The predicted octanol–water partition coefficient (Wildman–Crippen LogP) is 1.91. The van der Waals surface area contributed by atoms with Gasteiger partial charge in [0.15, 0.2) is 5.00 Å². The molecule has 112 valence electrons. The number of nitro groups is 1. The molecule has 2 atom stereocenters. The van der Waals surface area contributed by atoms with Crippen molar-refractivity contribution in [3.63, 3.8) is 0 Å². The van der Waals surface area contributed by atoms with Crippen LogP contribution >= 0.6 is 11.3 Å². The highest BCUT2D eigenvalue weighted by atomic mass is 32.2. The van der Waals surface area contributed by atoms with Crippen molar-refractivity contribution >= 4 is 32.0 Å². The lowest BCUT2D eigenvalue weighted by Crippen LogP contribution is -2.41. The quantitative estimate of drug-likeness (QED) is 0.676. The summed E-state index contributed by atoms with van der Waals surface area (Å²) in [5.41, 5.74) is 5.17. The number of rotatable bonds is 3. The highest BCUT2D eigenvalue weighted by molar-refractivity contribution is 7.91. The maximum Gasteiger partial charge on any atom is 0.304 e. The van der Waals surface area contributed by atoms with Gasteiger partial charge in [0.25, 0.3) is 10.0 Å². The second-order valence-corrected chi connectivity index (χ2v) is 8.43. The van der Waals surface area contributed by atoms with Crippen molar-refractivity contribution in [3.05, 3.63) is 16.2 Å². The van der Waals surface area contributed by atoms with E-state index in [4.69, 9.17) is 5.73 Å². The Hall–Kier alpha value is -1.19. The summed E-state index contributed by atoms with van der Waals surface area (Å²) in [4.78, 5) is 10.1. The average molecular weight is 319 g/mol. The summed E-state index contributed by atoms with van der Waals surface area (Å²) in [5, 5.41) is 10.7. The lowest BCUT2D eigenvalue weighted by molar-refractivity contribution is -0.383. The van der Waals surface area contributed by atoms with Crippen molar-refractivity contribution in [3.8, 4) is 0 Å². The maximum absolute atomic E-state index is 12.5. The van der Waals surface area contributed by atoms with Crippen LogP contribution < -0.4 is 5.73 Å². The fraction of sp³-hybridized carbons (Fsp3) is 0.636. The highest BCUT2D eigenvalue weighted by Gasteiger charge is 2.34. The summed E-state index contributed by atoms with van der Waals surface area (Å²) >= 11 is 0.752. The number of sulfonamides is 1. The van der Waals surface area contributed by atoms with E-state index in [-0.39, 0.29) is 20.8 Å². The molecule has 1 fully saturated rings. The largest absolute Gasteiger partial charge is 0.385 e. The summed E-state index contributed by atoms with van der Waals surface area (Å²) in [7, 11) is -3.69. The van der Waals surface area contributed by atoms with Crippen LogP contribution in [-0.4, -0.2) is 30.7 Å². The number of hydrogen-bond donors (Lipinski definition) is 1. The van der Waals surface area contributed by atoms with E-state index < -0.39 is 14.9 Å². The van der Waals surface area contributed by atoms with E-state index in [9.17, 15) is 18.5 Å². The summed E-state index contributed by atoms with van der Waals surface area (Å²) in [6.07, 6.45) is 0.795. The standard InChI is InChI=1S/C11H17N3O4S2/c1-7-3-4-13(6-8(7)2)20(17,18)10-5-9(14(15)16)11(12)19-10/h5,7-8H,3-4,6,12H2,1-2H3. The van der Waals surface area contributed by atoms with Gasteiger partial charge < -0.3 is 5.73 Å². The van der Waals surface area contributed by atoms with Gasteiger partial charge in [-0.25, -0.2) is 8.42 Å². The second-order valence-electron chi connectivity index (χ2n) is 5.18. The Morgan fingerprint density at radius 1 is 1.45 bits per heavy atom. The van der Waals surface area contributed by atoms with Crippen molar-refractivity contribution in [2.45, 2.75) is 24.5 Å². The molecule has 0 amide bonds. The molecule has 7 nitrogen and oxygen atoms in total. The zero-order valence-electron chi connectivity index (χ0n) is 11.3. The Morgan fingerprint density at radius 3 is 2.60 bits per heavy atom.